The topological polar surface area (TPSA) is 112 Å². The minimum Gasteiger partial charge on any atom is -0.340 e. The maximum atomic E-state index is 10.8. The van der Waals surface area contributed by atoms with Gasteiger partial charge in [-0.15, -0.1) is 0 Å². The third-order valence-corrected chi connectivity index (χ3v) is 1.45. The summed E-state index contributed by atoms with van der Waals surface area (Å²) in [5.41, 5.74) is 2.82. The summed E-state index contributed by atoms with van der Waals surface area (Å²) in [6.45, 7) is 0. The Morgan fingerprint density at radius 3 is 3.17 bits per heavy atom. The van der Waals surface area contributed by atoms with Crippen molar-refractivity contribution in [3.63, 3.8) is 0 Å². The first-order chi connectivity index (χ1) is 5.81. The van der Waals surface area contributed by atoms with Gasteiger partial charge in [0, 0.05) is 0 Å². The molecule has 0 fully saturated rings. The zero-order valence-electron chi connectivity index (χ0n) is 5.96. The van der Waals surface area contributed by atoms with Crippen molar-refractivity contribution in [2.45, 2.75) is 0 Å². The van der Waals surface area contributed by atoms with E-state index in [4.69, 9.17) is 5.84 Å². The van der Waals surface area contributed by atoms with E-state index in [2.05, 4.69) is 25.4 Å². The van der Waals surface area contributed by atoms with Crippen LogP contribution >= 0.6 is 0 Å². The van der Waals surface area contributed by atoms with E-state index >= 15 is 0 Å². The van der Waals surface area contributed by atoms with Gasteiger partial charge < -0.3 is 10.4 Å². The van der Waals surface area contributed by atoms with E-state index in [9.17, 15) is 4.79 Å². The number of imidazole rings is 1. The van der Waals surface area contributed by atoms with Crippen LogP contribution in [0.25, 0.3) is 11.2 Å². The van der Waals surface area contributed by atoms with E-state index in [0.29, 0.717) is 11.2 Å². The molecule has 0 bridgehead atoms. The predicted octanol–water partition coefficient (Wildman–Crippen LogP) is -1.07. The predicted molar refractivity (Wildman–Crippen MR) is 42.3 cm³/mol. The number of anilines is 1. The lowest BCUT2D eigenvalue weighted by atomic mass is 10.5. The van der Waals surface area contributed by atoms with Crippen molar-refractivity contribution < 1.29 is 0 Å². The summed E-state index contributed by atoms with van der Waals surface area (Å²) < 4.78 is 0. The minimum absolute atomic E-state index is 0.284. The zero-order valence-corrected chi connectivity index (χ0v) is 5.96. The van der Waals surface area contributed by atoms with Crippen LogP contribution < -0.4 is 17.0 Å². The third kappa shape index (κ3) is 0.839. The number of H-pyrrole nitrogens is 2. The molecule has 0 atom stereocenters. The van der Waals surface area contributed by atoms with Crippen LogP contribution in [0.4, 0.5) is 5.82 Å². The van der Waals surface area contributed by atoms with Crippen molar-refractivity contribution in [3.8, 4) is 0 Å². The van der Waals surface area contributed by atoms with Gasteiger partial charge in [0.25, 0.3) is 0 Å². The molecule has 0 saturated heterocycles. The summed E-state index contributed by atoms with van der Waals surface area (Å²) >= 11 is 0. The van der Waals surface area contributed by atoms with E-state index in [1.54, 1.807) is 0 Å². The first-order valence-corrected chi connectivity index (χ1v) is 3.21. The molecule has 2 aromatic heterocycles. The van der Waals surface area contributed by atoms with Crippen LogP contribution in [-0.4, -0.2) is 19.9 Å². The first kappa shape index (κ1) is 6.80. The summed E-state index contributed by atoms with van der Waals surface area (Å²) in [6, 6.07) is 0. The second-order valence-electron chi connectivity index (χ2n) is 2.16. The molecular formula is C5H6N6O. The van der Waals surface area contributed by atoms with Crippen LogP contribution in [0.2, 0.25) is 0 Å². The van der Waals surface area contributed by atoms with Gasteiger partial charge in [-0.3, -0.25) is 4.98 Å². The molecule has 0 spiro atoms. The van der Waals surface area contributed by atoms with Gasteiger partial charge in [0.15, 0.2) is 11.5 Å². The number of rotatable bonds is 1. The Labute approximate surface area is 66.0 Å². The molecule has 7 nitrogen and oxygen atoms in total. The Kier molecular flexibility index (Phi) is 1.31. The van der Waals surface area contributed by atoms with Gasteiger partial charge in [-0.05, 0) is 0 Å². The number of nitrogen functional groups attached to an aromatic ring is 1. The highest BCUT2D eigenvalue weighted by molar-refractivity contribution is 5.81. The molecule has 2 rings (SSSR count). The fourth-order valence-corrected chi connectivity index (χ4v) is 0.961. The largest absolute Gasteiger partial charge is 0.348 e. The molecule has 12 heavy (non-hydrogen) atoms. The molecule has 0 unspecified atom stereocenters. The molecule has 0 aliphatic rings. The van der Waals surface area contributed by atoms with Gasteiger partial charge in [-0.1, -0.05) is 0 Å². The molecule has 0 aliphatic carbocycles. The highest BCUT2D eigenvalue weighted by Crippen LogP contribution is 2.10. The van der Waals surface area contributed by atoms with E-state index in [-0.39, 0.29) is 5.82 Å². The lowest BCUT2D eigenvalue weighted by Gasteiger charge is -1.96. The number of fused-ring (bicyclic) bond motifs is 1. The smallest absolute Gasteiger partial charge is 0.340 e. The number of hydrogen-bond acceptors (Lipinski definition) is 5. The van der Waals surface area contributed by atoms with Crippen LogP contribution in [0.15, 0.2) is 11.1 Å². The molecule has 0 saturated carbocycles. The summed E-state index contributed by atoms with van der Waals surface area (Å²) in [7, 11) is 0. The van der Waals surface area contributed by atoms with Gasteiger partial charge in [0.2, 0.25) is 0 Å². The molecule has 62 valence electrons. The van der Waals surface area contributed by atoms with Gasteiger partial charge in [0.1, 0.15) is 5.52 Å². The van der Waals surface area contributed by atoms with Gasteiger partial charge in [-0.25, -0.2) is 15.6 Å². The number of aromatic nitrogens is 4. The summed E-state index contributed by atoms with van der Waals surface area (Å²) in [6.07, 6.45) is 1.45. The molecule has 5 N–H and O–H groups in total. The number of hydrazine groups is 1. The maximum Gasteiger partial charge on any atom is 0.348 e. The molecule has 7 heteroatoms. The Balaban J connectivity index is 2.89. The standard InChI is InChI=1S/C5H6N6O/c6-11-4-2-3(8-1-7-2)9-5(12)10-4/h1H,6H2,(H3,7,8,9,10,11,12). The molecule has 0 radical (unpaired) electrons. The third-order valence-electron chi connectivity index (χ3n) is 1.45. The number of nitrogens with two attached hydrogens (primary N) is 1. The van der Waals surface area contributed by atoms with Gasteiger partial charge in [-0.2, -0.15) is 4.98 Å². The normalized spacial score (nSPS) is 10.4. The Morgan fingerprint density at radius 2 is 2.42 bits per heavy atom. The number of nitrogens with zero attached hydrogens (tertiary/aromatic N) is 2. The average Bonchev–Trinajstić information content (AvgIpc) is 2.50. The van der Waals surface area contributed by atoms with E-state index in [1.807, 2.05) is 0 Å². The van der Waals surface area contributed by atoms with Crippen molar-refractivity contribution in [1.82, 2.24) is 19.9 Å². The average molecular weight is 166 g/mol. The van der Waals surface area contributed by atoms with E-state index in [1.165, 1.54) is 6.33 Å². The monoisotopic (exact) mass is 166 g/mol. The van der Waals surface area contributed by atoms with Crippen LogP contribution in [0.3, 0.4) is 0 Å². The van der Waals surface area contributed by atoms with Crippen molar-refractivity contribution in [2.75, 3.05) is 5.43 Å². The number of aromatic amines is 2. The van der Waals surface area contributed by atoms with E-state index in [0.717, 1.165) is 0 Å². The first-order valence-electron chi connectivity index (χ1n) is 3.21. The Hall–Kier alpha value is -1.89. The molecule has 0 aromatic carbocycles. The minimum atomic E-state index is -0.484. The molecule has 0 amide bonds. The van der Waals surface area contributed by atoms with Crippen LogP contribution in [0.1, 0.15) is 0 Å². The quantitative estimate of drug-likeness (QED) is 0.318. The van der Waals surface area contributed by atoms with Crippen molar-refractivity contribution in [1.29, 1.82) is 0 Å². The molecule has 2 aromatic rings. The van der Waals surface area contributed by atoms with Gasteiger partial charge >= 0.3 is 5.69 Å². The maximum absolute atomic E-state index is 10.8. The Bertz CT molecular complexity index is 456. The van der Waals surface area contributed by atoms with Crippen molar-refractivity contribution >= 4 is 17.0 Å². The van der Waals surface area contributed by atoms with Crippen LogP contribution in [0, 0.1) is 0 Å². The van der Waals surface area contributed by atoms with Crippen molar-refractivity contribution in [2.24, 2.45) is 5.84 Å². The highest BCUT2D eigenvalue weighted by atomic mass is 16.1. The Morgan fingerprint density at radius 1 is 1.58 bits per heavy atom. The van der Waals surface area contributed by atoms with Crippen LogP contribution in [0.5, 0.6) is 0 Å². The fraction of sp³-hybridized carbons (Fsp3) is 0. The molecule has 2 heterocycles. The zero-order chi connectivity index (χ0) is 8.55. The summed E-state index contributed by atoms with van der Waals surface area (Å²) in [5, 5.41) is 0. The van der Waals surface area contributed by atoms with E-state index < -0.39 is 5.69 Å². The summed E-state index contributed by atoms with van der Waals surface area (Å²) in [5.74, 6) is 5.41. The fourth-order valence-electron chi connectivity index (χ4n) is 0.961. The van der Waals surface area contributed by atoms with Crippen molar-refractivity contribution in [3.05, 3.63) is 16.8 Å². The molecular weight excluding hydrogens is 160 g/mol. The molecule has 0 aliphatic heterocycles. The SMILES string of the molecule is NNc1nc(=O)[nH]c2nc[nH]c12. The van der Waals surface area contributed by atoms with Gasteiger partial charge in [0.05, 0.1) is 6.33 Å². The number of hydrogen-bond donors (Lipinski definition) is 4. The van der Waals surface area contributed by atoms with Crippen LogP contribution in [-0.2, 0) is 0 Å². The lowest BCUT2D eigenvalue weighted by Crippen LogP contribution is -2.17. The number of nitrogens with one attached hydrogen (secondary N) is 3. The second-order valence-corrected chi connectivity index (χ2v) is 2.16. The summed E-state index contributed by atoms with van der Waals surface area (Å²) in [4.78, 5) is 23.5. The highest BCUT2D eigenvalue weighted by Gasteiger charge is 2.04. The lowest BCUT2D eigenvalue weighted by molar-refractivity contribution is 1.09. The second kappa shape index (κ2) is 2.31.